The van der Waals surface area contributed by atoms with E-state index in [1.54, 1.807) is 19.1 Å². The summed E-state index contributed by atoms with van der Waals surface area (Å²) in [4.78, 5) is 23.2. The molecule has 0 aliphatic carbocycles. The molecule has 0 saturated carbocycles. The number of hydrogen-bond acceptors (Lipinski definition) is 5. The summed E-state index contributed by atoms with van der Waals surface area (Å²) >= 11 is 0. The molecule has 7 heteroatoms. The number of carbonyl (C=O) groups is 1. The minimum absolute atomic E-state index is 0.132. The van der Waals surface area contributed by atoms with Gasteiger partial charge in [-0.3, -0.25) is 14.9 Å². The van der Waals surface area contributed by atoms with Crippen LogP contribution in [0.5, 0.6) is 5.75 Å². The highest BCUT2D eigenvalue weighted by molar-refractivity contribution is 6.08. The van der Waals surface area contributed by atoms with Crippen LogP contribution < -0.4 is 10.1 Å². The van der Waals surface area contributed by atoms with Crippen LogP contribution in [0.1, 0.15) is 17.3 Å². The van der Waals surface area contributed by atoms with Crippen molar-refractivity contribution in [3.8, 4) is 5.75 Å². The highest BCUT2D eigenvalue weighted by atomic mass is 16.6. The molecule has 1 aromatic heterocycles. The number of rotatable bonds is 5. The summed E-state index contributed by atoms with van der Waals surface area (Å²) in [5.41, 5.74) is 1.87. The van der Waals surface area contributed by atoms with Crippen molar-refractivity contribution in [2.45, 2.75) is 6.92 Å². The second-order valence-electron chi connectivity index (χ2n) is 6.14. The van der Waals surface area contributed by atoms with Crippen LogP contribution in [0.4, 0.5) is 11.4 Å². The van der Waals surface area contributed by atoms with E-state index in [-0.39, 0.29) is 17.0 Å². The summed E-state index contributed by atoms with van der Waals surface area (Å²) in [5, 5.41) is 15.9. The van der Waals surface area contributed by atoms with Crippen molar-refractivity contribution in [1.82, 2.24) is 0 Å². The molecule has 0 atom stereocenters. The Morgan fingerprint density at radius 3 is 2.64 bits per heavy atom. The van der Waals surface area contributed by atoms with E-state index >= 15 is 0 Å². The zero-order valence-electron chi connectivity index (χ0n) is 15.0. The Labute approximate surface area is 159 Å². The molecular weight excluding hydrogens is 360 g/mol. The first kappa shape index (κ1) is 17.5. The quantitative estimate of drug-likeness (QED) is 0.384. The van der Waals surface area contributed by atoms with Gasteiger partial charge in [0.25, 0.3) is 5.91 Å². The van der Waals surface area contributed by atoms with Crippen molar-refractivity contribution >= 4 is 39.2 Å². The molecule has 1 heterocycles. The maximum Gasteiger partial charge on any atom is 0.311 e. The molecule has 28 heavy (non-hydrogen) atoms. The van der Waals surface area contributed by atoms with E-state index in [2.05, 4.69) is 5.32 Å². The van der Waals surface area contributed by atoms with Gasteiger partial charge in [0.15, 0.2) is 5.75 Å². The number of ether oxygens (including phenoxy) is 1. The number of anilines is 1. The van der Waals surface area contributed by atoms with Gasteiger partial charge in [-0.05, 0) is 37.3 Å². The average Bonchev–Trinajstić information content (AvgIpc) is 3.06. The molecule has 1 N–H and O–H groups in total. The molecule has 1 amide bonds. The molecule has 4 aromatic rings. The standard InChI is InChI=1S/C21H16N2O5/c1-2-27-19-10-7-13(11-17(19)23(25)26)21(24)22-14-8-9-16-15-5-3-4-6-18(15)28-20(16)12-14/h3-12H,2H2,1H3,(H,22,24). The Bertz CT molecular complexity index is 1210. The van der Waals surface area contributed by atoms with Gasteiger partial charge in [-0.2, -0.15) is 0 Å². The first-order chi connectivity index (χ1) is 13.6. The van der Waals surface area contributed by atoms with Gasteiger partial charge in [0.05, 0.1) is 11.5 Å². The molecule has 0 aliphatic rings. The van der Waals surface area contributed by atoms with Crippen LogP contribution in [0.2, 0.25) is 0 Å². The summed E-state index contributed by atoms with van der Waals surface area (Å²) < 4.78 is 11.1. The van der Waals surface area contributed by atoms with E-state index < -0.39 is 10.8 Å². The lowest BCUT2D eigenvalue weighted by Gasteiger charge is -2.08. The molecule has 0 aliphatic heterocycles. The SMILES string of the molecule is CCOc1ccc(C(=O)Nc2ccc3c(c2)oc2ccccc23)cc1[N+](=O)[O-]. The molecule has 7 nitrogen and oxygen atoms in total. The van der Waals surface area contributed by atoms with Crippen molar-refractivity contribution in [1.29, 1.82) is 0 Å². The van der Waals surface area contributed by atoms with Crippen molar-refractivity contribution in [2.24, 2.45) is 0 Å². The lowest BCUT2D eigenvalue weighted by atomic mass is 10.1. The number of para-hydroxylation sites is 1. The van der Waals surface area contributed by atoms with Gasteiger partial charge in [-0.15, -0.1) is 0 Å². The third-order valence-electron chi connectivity index (χ3n) is 4.35. The second-order valence-corrected chi connectivity index (χ2v) is 6.14. The van der Waals surface area contributed by atoms with E-state index in [1.165, 1.54) is 18.2 Å². The third-order valence-corrected chi connectivity index (χ3v) is 4.35. The number of nitro benzene ring substituents is 1. The molecule has 0 spiro atoms. The molecule has 0 unspecified atom stereocenters. The predicted molar refractivity (Wildman–Crippen MR) is 106 cm³/mol. The van der Waals surface area contributed by atoms with Gasteiger partial charge in [-0.1, -0.05) is 18.2 Å². The molecule has 3 aromatic carbocycles. The maximum atomic E-state index is 12.6. The average molecular weight is 376 g/mol. The van der Waals surface area contributed by atoms with E-state index in [4.69, 9.17) is 9.15 Å². The number of benzene rings is 3. The van der Waals surface area contributed by atoms with Crippen LogP contribution in [-0.4, -0.2) is 17.4 Å². The molecule has 140 valence electrons. The fraction of sp³-hybridized carbons (Fsp3) is 0.0952. The summed E-state index contributed by atoms with van der Waals surface area (Å²) in [6, 6.07) is 17.2. The number of furan rings is 1. The molecular formula is C21H16N2O5. The highest BCUT2D eigenvalue weighted by Crippen LogP contribution is 2.31. The number of nitrogens with zero attached hydrogens (tertiary/aromatic N) is 1. The van der Waals surface area contributed by atoms with Crippen molar-refractivity contribution < 1.29 is 18.9 Å². The molecule has 0 radical (unpaired) electrons. The summed E-state index contributed by atoms with van der Waals surface area (Å²) in [5.74, 6) is -0.325. The van der Waals surface area contributed by atoms with Crippen LogP contribution in [0.15, 0.2) is 65.1 Å². The predicted octanol–water partition coefficient (Wildman–Crippen LogP) is 5.15. The Morgan fingerprint density at radius 2 is 1.86 bits per heavy atom. The Morgan fingerprint density at radius 1 is 1.07 bits per heavy atom. The van der Waals surface area contributed by atoms with Crippen molar-refractivity contribution in [2.75, 3.05) is 11.9 Å². The summed E-state index contributed by atoms with van der Waals surface area (Å²) in [6.07, 6.45) is 0. The van der Waals surface area contributed by atoms with Crippen molar-refractivity contribution in [3.63, 3.8) is 0 Å². The van der Waals surface area contributed by atoms with E-state index in [0.29, 0.717) is 17.9 Å². The van der Waals surface area contributed by atoms with E-state index in [9.17, 15) is 14.9 Å². The van der Waals surface area contributed by atoms with Crippen molar-refractivity contribution in [3.05, 3.63) is 76.3 Å². The van der Waals surface area contributed by atoms with Gasteiger partial charge in [0.1, 0.15) is 11.2 Å². The fourth-order valence-corrected chi connectivity index (χ4v) is 3.09. The zero-order chi connectivity index (χ0) is 19.7. The zero-order valence-corrected chi connectivity index (χ0v) is 15.0. The Balaban J connectivity index is 1.63. The number of fused-ring (bicyclic) bond motifs is 3. The van der Waals surface area contributed by atoms with Gasteiger partial charge in [-0.25, -0.2) is 0 Å². The highest BCUT2D eigenvalue weighted by Gasteiger charge is 2.19. The fourth-order valence-electron chi connectivity index (χ4n) is 3.09. The minimum atomic E-state index is -0.567. The van der Waals surface area contributed by atoms with Crippen LogP contribution in [0, 0.1) is 10.1 Å². The third kappa shape index (κ3) is 3.14. The van der Waals surface area contributed by atoms with E-state index in [0.717, 1.165) is 16.4 Å². The van der Waals surface area contributed by atoms with Gasteiger partial charge < -0.3 is 14.5 Å². The number of carbonyl (C=O) groups excluding carboxylic acids is 1. The summed E-state index contributed by atoms with van der Waals surface area (Å²) in [6.45, 7) is 2.03. The van der Waals surface area contributed by atoms with Crippen LogP contribution in [0.3, 0.4) is 0 Å². The first-order valence-corrected chi connectivity index (χ1v) is 8.70. The number of amides is 1. The van der Waals surface area contributed by atoms with Gasteiger partial charge in [0.2, 0.25) is 0 Å². The lowest BCUT2D eigenvalue weighted by molar-refractivity contribution is -0.385. The number of hydrogen-bond donors (Lipinski definition) is 1. The monoisotopic (exact) mass is 376 g/mol. The Kier molecular flexibility index (Phi) is 4.41. The molecule has 0 saturated heterocycles. The van der Waals surface area contributed by atoms with Gasteiger partial charge >= 0.3 is 5.69 Å². The first-order valence-electron chi connectivity index (χ1n) is 8.70. The normalized spacial score (nSPS) is 10.9. The minimum Gasteiger partial charge on any atom is -0.487 e. The van der Waals surface area contributed by atoms with Gasteiger partial charge in [0, 0.05) is 34.2 Å². The lowest BCUT2D eigenvalue weighted by Crippen LogP contribution is -2.12. The largest absolute Gasteiger partial charge is 0.487 e. The topological polar surface area (TPSA) is 94.6 Å². The van der Waals surface area contributed by atoms with Crippen LogP contribution >= 0.6 is 0 Å². The van der Waals surface area contributed by atoms with Crippen LogP contribution in [0.25, 0.3) is 21.9 Å². The number of nitro groups is 1. The maximum absolute atomic E-state index is 12.6. The molecule has 0 bridgehead atoms. The molecule has 4 rings (SSSR count). The van der Waals surface area contributed by atoms with E-state index in [1.807, 2.05) is 30.3 Å². The molecule has 0 fully saturated rings. The van der Waals surface area contributed by atoms with Crippen LogP contribution in [-0.2, 0) is 0 Å². The Hall–Kier alpha value is -3.87. The summed E-state index contributed by atoms with van der Waals surface area (Å²) in [7, 11) is 0. The number of nitrogens with one attached hydrogen (secondary N) is 1. The smallest absolute Gasteiger partial charge is 0.311 e. The second kappa shape index (κ2) is 7.03.